The maximum Gasteiger partial charge on any atom is 0.191 e. The Labute approximate surface area is 163 Å². The summed E-state index contributed by atoms with van der Waals surface area (Å²) in [6, 6.07) is 13.9. The number of hydrogen-bond donors (Lipinski definition) is 3. The van der Waals surface area contributed by atoms with Crippen LogP contribution in [0.1, 0.15) is 24.3 Å². The highest BCUT2D eigenvalue weighted by Gasteiger charge is 2.24. The third kappa shape index (κ3) is 5.18. The second-order valence-electron chi connectivity index (χ2n) is 6.42. The number of hydrogen-bond acceptors (Lipinski definition) is 4. The van der Waals surface area contributed by atoms with Crippen LogP contribution in [0.3, 0.4) is 0 Å². The molecule has 0 amide bonds. The van der Waals surface area contributed by atoms with Crippen LogP contribution in [-0.2, 0) is 12.1 Å². The van der Waals surface area contributed by atoms with Crippen LogP contribution in [0.15, 0.2) is 65.2 Å². The normalized spacial score (nSPS) is 14.0. The third-order valence-corrected chi connectivity index (χ3v) is 5.24. The molecule has 0 saturated heterocycles. The van der Waals surface area contributed by atoms with Crippen LogP contribution in [0.4, 0.5) is 0 Å². The van der Waals surface area contributed by atoms with E-state index < -0.39 is 5.60 Å². The summed E-state index contributed by atoms with van der Waals surface area (Å²) in [6.07, 6.45) is 3.68. The van der Waals surface area contributed by atoms with Crippen molar-refractivity contribution in [2.24, 2.45) is 4.99 Å². The molecule has 0 spiro atoms. The molecule has 0 aliphatic carbocycles. The van der Waals surface area contributed by atoms with Gasteiger partial charge in [-0.05, 0) is 49.1 Å². The largest absolute Gasteiger partial charge is 0.383 e. The van der Waals surface area contributed by atoms with Gasteiger partial charge in [0, 0.05) is 23.8 Å². The lowest BCUT2D eigenvalue weighted by atomic mass is 10.1. The average Bonchev–Trinajstić information content (AvgIpc) is 3.39. The highest BCUT2D eigenvalue weighted by atomic mass is 32.1. The standard InChI is InChI=1S/C20H25N5OS/c1-3-21-19(23-15-20(2,26)18-6-4-13-27-18)22-14-16-7-9-17(10-8-16)25-12-5-11-24-25/h4-13,26H,3,14-15H2,1-2H3,(H2,21,22,23). The first-order valence-corrected chi connectivity index (χ1v) is 9.84. The van der Waals surface area contributed by atoms with E-state index in [1.165, 1.54) is 0 Å². The maximum absolute atomic E-state index is 10.7. The summed E-state index contributed by atoms with van der Waals surface area (Å²) in [4.78, 5) is 5.56. The summed E-state index contributed by atoms with van der Waals surface area (Å²) in [5, 5.41) is 23.3. The lowest BCUT2D eigenvalue weighted by Gasteiger charge is -2.23. The molecule has 1 atom stereocenters. The summed E-state index contributed by atoms with van der Waals surface area (Å²) in [7, 11) is 0. The van der Waals surface area contributed by atoms with Crippen molar-refractivity contribution in [3.05, 3.63) is 70.7 Å². The fraction of sp³-hybridized carbons (Fsp3) is 0.300. The molecular formula is C20H25N5OS. The van der Waals surface area contributed by atoms with E-state index in [2.05, 4.69) is 20.7 Å². The summed E-state index contributed by atoms with van der Waals surface area (Å²) in [6.45, 7) is 5.52. The van der Waals surface area contributed by atoms with E-state index in [4.69, 9.17) is 0 Å². The van der Waals surface area contributed by atoms with Crippen LogP contribution >= 0.6 is 11.3 Å². The Morgan fingerprint density at radius 3 is 2.67 bits per heavy atom. The quantitative estimate of drug-likeness (QED) is 0.433. The Hall–Kier alpha value is -2.64. The monoisotopic (exact) mass is 383 g/mol. The molecule has 142 valence electrons. The van der Waals surface area contributed by atoms with Gasteiger partial charge in [-0.3, -0.25) is 0 Å². The molecule has 6 nitrogen and oxygen atoms in total. The number of thiophene rings is 1. The molecule has 0 aliphatic heterocycles. The highest BCUT2D eigenvalue weighted by molar-refractivity contribution is 7.10. The molecule has 27 heavy (non-hydrogen) atoms. The number of nitrogens with zero attached hydrogens (tertiary/aromatic N) is 3. The Balaban J connectivity index is 1.61. The summed E-state index contributed by atoms with van der Waals surface area (Å²) in [5.74, 6) is 0.686. The number of aliphatic hydroxyl groups is 1. The van der Waals surface area contributed by atoms with Crippen molar-refractivity contribution >= 4 is 17.3 Å². The summed E-state index contributed by atoms with van der Waals surface area (Å²) < 4.78 is 1.82. The van der Waals surface area contributed by atoms with E-state index >= 15 is 0 Å². The van der Waals surface area contributed by atoms with Crippen molar-refractivity contribution in [3.63, 3.8) is 0 Å². The Bertz CT molecular complexity index is 839. The predicted molar refractivity (Wildman–Crippen MR) is 110 cm³/mol. The van der Waals surface area contributed by atoms with Crippen molar-refractivity contribution < 1.29 is 5.11 Å². The number of rotatable bonds is 7. The highest BCUT2D eigenvalue weighted by Crippen LogP contribution is 2.24. The topological polar surface area (TPSA) is 74.5 Å². The third-order valence-electron chi connectivity index (χ3n) is 4.12. The molecule has 0 aliphatic rings. The SMILES string of the molecule is CCNC(=NCc1ccc(-n2cccn2)cc1)NCC(C)(O)c1cccs1. The number of aliphatic imine (C=N–C) groups is 1. The van der Waals surface area contributed by atoms with Gasteiger partial charge in [0.1, 0.15) is 5.60 Å². The van der Waals surface area contributed by atoms with Gasteiger partial charge in [-0.2, -0.15) is 5.10 Å². The number of aromatic nitrogens is 2. The molecule has 3 N–H and O–H groups in total. The van der Waals surface area contributed by atoms with E-state index in [-0.39, 0.29) is 0 Å². The molecule has 3 rings (SSSR count). The fourth-order valence-electron chi connectivity index (χ4n) is 2.62. The summed E-state index contributed by atoms with van der Waals surface area (Å²) >= 11 is 1.55. The molecule has 1 unspecified atom stereocenters. The van der Waals surface area contributed by atoms with E-state index in [1.54, 1.807) is 17.5 Å². The van der Waals surface area contributed by atoms with E-state index in [0.717, 1.165) is 22.7 Å². The Morgan fingerprint density at radius 2 is 2.04 bits per heavy atom. The van der Waals surface area contributed by atoms with Crippen molar-refractivity contribution in [2.75, 3.05) is 13.1 Å². The number of nitrogens with one attached hydrogen (secondary N) is 2. The van der Waals surface area contributed by atoms with E-state index in [9.17, 15) is 5.11 Å². The summed E-state index contributed by atoms with van der Waals surface area (Å²) in [5.41, 5.74) is 1.19. The zero-order chi connectivity index (χ0) is 19.1. The second kappa shape index (κ2) is 8.83. The molecule has 1 aromatic carbocycles. The molecule has 2 heterocycles. The average molecular weight is 384 g/mol. The number of benzene rings is 1. The first kappa shape index (κ1) is 19.1. The molecule has 2 aromatic heterocycles. The van der Waals surface area contributed by atoms with Gasteiger partial charge in [-0.15, -0.1) is 11.3 Å². The first-order chi connectivity index (χ1) is 13.1. The van der Waals surface area contributed by atoms with Crippen LogP contribution < -0.4 is 10.6 Å². The van der Waals surface area contributed by atoms with Gasteiger partial charge in [-0.1, -0.05) is 18.2 Å². The van der Waals surface area contributed by atoms with Crippen molar-refractivity contribution in [2.45, 2.75) is 26.0 Å². The zero-order valence-electron chi connectivity index (χ0n) is 15.6. The van der Waals surface area contributed by atoms with E-state index in [0.29, 0.717) is 19.0 Å². The van der Waals surface area contributed by atoms with Gasteiger partial charge < -0.3 is 15.7 Å². The van der Waals surface area contributed by atoms with Crippen LogP contribution in [0.25, 0.3) is 5.69 Å². The van der Waals surface area contributed by atoms with Gasteiger partial charge in [0.2, 0.25) is 0 Å². The zero-order valence-corrected chi connectivity index (χ0v) is 16.4. The van der Waals surface area contributed by atoms with Crippen LogP contribution in [0.5, 0.6) is 0 Å². The molecule has 0 bridgehead atoms. The fourth-order valence-corrected chi connectivity index (χ4v) is 3.40. The minimum Gasteiger partial charge on any atom is -0.383 e. The van der Waals surface area contributed by atoms with E-state index in [1.807, 2.05) is 72.6 Å². The molecule has 0 saturated carbocycles. The lowest BCUT2D eigenvalue weighted by Crippen LogP contribution is -2.44. The second-order valence-corrected chi connectivity index (χ2v) is 7.36. The van der Waals surface area contributed by atoms with Gasteiger partial charge >= 0.3 is 0 Å². The van der Waals surface area contributed by atoms with Crippen LogP contribution in [0, 0.1) is 0 Å². The number of guanidine groups is 1. The van der Waals surface area contributed by atoms with Gasteiger partial charge in [-0.25, -0.2) is 9.67 Å². The Kier molecular flexibility index (Phi) is 6.26. The smallest absolute Gasteiger partial charge is 0.191 e. The molecule has 7 heteroatoms. The molecule has 0 radical (unpaired) electrons. The van der Waals surface area contributed by atoms with Crippen molar-refractivity contribution in [1.29, 1.82) is 0 Å². The van der Waals surface area contributed by atoms with Gasteiger partial charge in [0.15, 0.2) is 5.96 Å². The van der Waals surface area contributed by atoms with Gasteiger partial charge in [0.25, 0.3) is 0 Å². The maximum atomic E-state index is 10.7. The molecule has 0 fully saturated rings. The minimum atomic E-state index is -0.935. The van der Waals surface area contributed by atoms with Crippen LogP contribution in [-0.4, -0.2) is 33.9 Å². The molecular weight excluding hydrogens is 358 g/mol. The predicted octanol–water partition coefficient (Wildman–Crippen LogP) is 2.90. The van der Waals surface area contributed by atoms with Crippen molar-refractivity contribution in [1.82, 2.24) is 20.4 Å². The van der Waals surface area contributed by atoms with Crippen molar-refractivity contribution in [3.8, 4) is 5.69 Å². The lowest BCUT2D eigenvalue weighted by molar-refractivity contribution is 0.0655. The van der Waals surface area contributed by atoms with Gasteiger partial charge in [0.05, 0.1) is 18.8 Å². The molecule has 3 aromatic rings. The first-order valence-electron chi connectivity index (χ1n) is 8.96. The Morgan fingerprint density at radius 1 is 1.22 bits per heavy atom. The van der Waals surface area contributed by atoms with Crippen LogP contribution in [0.2, 0.25) is 0 Å². The minimum absolute atomic E-state index is 0.386.